The van der Waals surface area contributed by atoms with Crippen LogP contribution in [0.2, 0.25) is 0 Å². The topological polar surface area (TPSA) is 38.8 Å². The van der Waals surface area contributed by atoms with Crippen LogP contribution in [0.25, 0.3) is 0 Å². The Balaban J connectivity index is 1.68. The molecule has 0 aromatic heterocycles. The van der Waals surface area contributed by atoms with Crippen LogP contribution in [-0.4, -0.2) is 65.5 Å². The maximum atomic E-state index is 12.5. The third-order valence-electron chi connectivity index (χ3n) is 4.61. The van der Waals surface area contributed by atoms with Crippen molar-refractivity contribution in [1.29, 1.82) is 0 Å². The summed E-state index contributed by atoms with van der Waals surface area (Å²) in [6.07, 6.45) is 5.59. The van der Waals surface area contributed by atoms with Crippen molar-refractivity contribution >= 4 is 5.91 Å². The second-order valence-corrected chi connectivity index (χ2v) is 6.37. The number of amides is 1. The van der Waals surface area contributed by atoms with Gasteiger partial charge in [0.25, 0.3) is 0 Å². The Morgan fingerprint density at radius 3 is 2.65 bits per heavy atom. The zero-order chi connectivity index (χ0) is 14.1. The van der Waals surface area contributed by atoms with Gasteiger partial charge in [0, 0.05) is 44.5 Å². The number of hydrazine groups is 1. The summed E-state index contributed by atoms with van der Waals surface area (Å²) in [6.45, 7) is 9.43. The van der Waals surface area contributed by atoms with E-state index in [-0.39, 0.29) is 11.9 Å². The summed E-state index contributed by atoms with van der Waals surface area (Å²) in [6, 6.07) is 0.416. The van der Waals surface area contributed by atoms with E-state index in [1.54, 1.807) is 0 Å². The van der Waals surface area contributed by atoms with Gasteiger partial charge in [-0.1, -0.05) is 0 Å². The molecule has 0 radical (unpaired) electrons. The molecule has 5 heteroatoms. The second kappa shape index (κ2) is 5.74. The summed E-state index contributed by atoms with van der Waals surface area (Å²) in [5.74, 6) is 0.249. The Morgan fingerprint density at radius 2 is 1.95 bits per heavy atom. The van der Waals surface area contributed by atoms with Gasteiger partial charge < -0.3 is 9.91 Å². The number of hydrogen-bond donors (Lipinski definition) is 1. The molecule has 20 heavy (non-hydrogen) atoms. The fraction of sp³-hybridized carbons (Fsp3) is 0.800. The van der Waals surface area contributed by atoms with E-state index in [9.17, 15) is 4.79 Å². The first-order valence-electron chi connectivity index (χ1n) is 7.92. The summed E-state index contributed by atoms with van der Waals surface area (Å²) < 4.78 is 0. The van der Waals surface area contributed by atoms with E-state index in [0.29, 0.717) is 6.04 Å². The maximum Gasteiger partial charge on any atom is 0.245 e. The van der Waals surface area contributed by atoms with E-state index in [0.717, 1.165) is 52.0 Å². The molecule has 1 N–H and O–H groups in total. The molecule has 3 aliphatic rings. The number of hydrogen-bond acceptors (Lipinski definition) is 4. The molecule has 1 amide bonds. The van der Waals surface area contributed by atoms with E-state index >= 15 is 0 Å². The highest BCUT2D eigenvalue weighted by molar-refractivity contribution is 5.84. The van der Waals surface area contributed by atoms with Crippen molar-refractivity contribution in [1.82, 2.24) is 20.2 Å². The van der Waals surface area contributed by atoms with Crippen molar-refractivity contribution in [2.45, 2.75) is 45.2 Å². The molecule has 3 rings (SSSR count). The SMILES string of the molecule is CC(C)N1CCCN2NC(C(=O)N3CCCC3)C=C2C1. The molecule has 2 saturated heterocycles. The van der Waals surface area contributed by atoms with E-state index in [2.05, 4.69) is 35.3 Å². The number of likely N-dealkylation sites (tertiary alicyclic amines) is 1. The predicted octanol–water partition coefficient (Wildman–Crippen LogP) is 0.796. The van der Waals surface area contributed by atoms with Crippen molar-refractivity contribution in [3.8, 4) is 0 Å². The maximum absolute atomic E-state index is 12.5. The summed E-state index contributed by atoms with van der Waals surface area (Å²) in [5.41, 5.74) is 4.66. The van der Waals surface area contributed by atoms with E-state index in [1.807, 2.05) is 4.90 Å². The van der Waals surface area contributed by atoms with Crippen molar-refractivity contribution in [2.24, 2.45) is 0 Å². The monoisotopic (exact) mass is 278 g/mol. The number of fused-ring (bicyclic) bond motifs is 1. The van der Waals surface area contributed by atoms with Crippen LogP contribution in [-0.2, 0) is 4.79 Å². The average molecular weight is 278 g/mol. The van der Waals surface area contributed by atoms with Crippen LogP contribution < -0.4 is 5.43 Å². The van der Waals surface area contributed by atoms with Crippen molar-refractivity contribution < 1.29 is 4.79 Å². The van der Waals surface area contributed by atoms with Crippen LogP contribution in [0.4, 0.5) is 0 Å². The number of carbonyl (C=O) groups excluding carboxylic acids is 1. The molecule has 0 aromatic carbocycles. The molecule has 0 bridgehead atoms. The second-order valence-electron chi connectivity index (χ2n) is 6.37. The lowest BCUT2D eigenvalue weighted by Gasteiger charge is -2.25. The number of nitrogens with one attached hydrogen (secondary N) is 1. The van der Waals surface area contributed by atoms with Crippen LogP contribution in [0.5, 0.6) is 0 Å². The molecule has 0 aromatic rings. The molecular weight excluding hydrogens is 252 g/mol. The van der Waals surface area contributed by atoms with E-state index < -0.39 is 0 Å². The molecule has 1 unspecified atom stereocenters. The molecule has 112 valence electrons. The van der Waals surface area contributed by atoms with Gasteiger partial charge >= 0.3 is 0 Å². The van der Waals surface area contributed by atoms with Crippen molar-refractivity contribution in [3.05, 3.63) is 11.8 Å². The van der Waals surface area contributed by atoms with Gasteiger partial charge in [0.2, 0.25) is 5.91 Å². The predicted molar refractivity (Wildman–Crippen MR) is 78.9 cm³/mol. The minimum Gasteiger partial charge on any atom is -0.341 e. The average Bonchev–Trinajstić information content (AvgIpc) is 3.04. The lowest BCUT2D eigenvalue weighted by atomic mass is 10.2. The highest BCUT2D eigenvalue weighted by Crippen LogP contribution is 2.21. The fourth-order valence-electron chi connectivity index (χ4n) is 3.34. The van der Waals surface area contributed by atoms with Gasteiger partial charge in [-0.2, -0.15) is 0 Å². The smallest absolute Gasteiger partial charge is 0.245 e. The third-order valence-corrected chi connectivity index (χ3v) is 4.61. The van der Waals surface area contributed by atoms with Gasteiger partial charge in [-0.3, -0.25) is 9.69 Å². The van der Waals surface area contributed by atoms with Gasteiger partial charge in [0.15, 0.2) is 0 Å². The molecular formula is C15H26N4O. The lowest BCUT2D eigenvalue weighted by Crippen LogP contribution is -2.47. The Labute approximate surface area is 121 Å². The van der Waals surface area contributed by atoms with Gasteiger partial charge in [0.1, 0.15) is 6.04 Å². The Bertz CT molecular complexity index is 401. The number of rotatable bonds is 2. The third kappa shape index (κ3) is 2.69. The first kappa shape index (κ1) is 13.9. The highest BCUT2D eigenvalue weighted by atomic mass is 16.2. The van der Waals surface area contributed by atoms with E-state index in [4.69, 9.17) is 0 Å². The molecule has 5 nitrogen and oxygen atoms in total. The number of nitrogens with zero attached hydrogens (tertiary/aromatic N) is 3. The molecule has 3 heterocycles. The van der Waals surface area contributed by atoms with Crippen LogP contribution in [0.3, 0.4) is 0 Å². The number of carbonyl (C=O) groups is 1. The Kier molecular flexibility index (Phi) is 3.98. The molecule has 0 aliphatic carbocycles. The summed E-state index contributed by atoms with van der Waals surface area (Å²) in [4.78, 5) is 17.0. The molecule has 0 spiro atoms. The van der Waals surface area contributed by atoms with Crippen molar-refractivity contribution in [2.75, 3.05) is 32.7 Å². The largest absolute Gasteiger partial charge is 0.341 e. The van der Waals surface area contributed by atoms with Crippen LogP contribution in [0, 0.1) is 0 Å². The summed E-state index contributed by atoms with van der Waals surface area (Å²) >= 11 is 0. The summed E-state index contributed by atoms with van der Waals surface area (Å²) in [5, 5.41) is 2.20. The van der Waals surface area contributed by atoms with Crippen molar-refractivity contribution in [3.63, 3.8) is 0 Å². The highest BCUT2D eigenvalue weighted by Gasteiger charge is 2.33. The Morgan fingerprint density at radius 1 is 1.20 bits per heavy atom. The van der Waals surface area contributed by atoms with Gasteiger partial charge in [-0.25, -0.2) is 5.43 Å². The van der Waals surface area contributed by atoms with Crippen LogP contribution in [0.1, 0.15) is 33.1 Å². The molecule has 0 saturated carbocycles. The first-order valence-corrected chi connectivity index (χ1v) is 7.92. The fourth-order valence-corrected chi connectivity index (χ4v) is 3.34. The minimum absolute atomic E-state index is 0.143. The molecule has 2 fully saturated rings. The van der Waals surface area contributed by atoms with Crippen LogP contribution in [0.15, 0.2) is 11.8 Å². The quantitative estimate of drug-likeness (QED) is 0.811. The first-order chi connectivity index (χ1) is 9.65. The molecule has 1 atom stereocenters. The van der Waals surface area contributed by atoms with E-state index in [1.165, 1.54) is 5.70 Å². The zero-order valence-electron chi connectivity index (χ0n) is 12.6. The normalized spacial score (nSPS) is 27.8. The standard InChI is InChI=1S/C15H26N4O/c1-12(2)18-8-5-9-19-13(11-18)10-14(16-19)15(20)17-6-3-4-7-17/h10,12,14,16H,3-9,11H2,1-2H3. The lowest BCUT2D eigenvalue weighted by molar-refractivity contribution is -0.131. The van der Waals surface area contributed by atoms with Gasteiger partial charge in [-0.15, -0.1) is 0 Å². The molecule has 3 aliphatic heterocycles. The van der Waals surface area contributed by atoms with Gasteiger partial charge in [-0.05, 0) is 39.2 Å². The zero-order valence-corrected chi connectivity index (χ0v) is 12.6. The van der Waals surface area contributed by atoms with Crippen LogP contribution >= 0.6 is 0 Å². The van der Waals surface area contributed by atoms with Gasteiger partial charge in [0.05, 0.1) is 0 Å². The minimum atomic E-state index is -0.143. The Hall–Kier alpha value is -1.07. The summed E-state index contributed by atoms with van der Waals surface area (Å²) in [7, 11) is 0.